The molecule has 3 atom stereocenters. The molecule has 1 aromatic rings. The number of ether oxygens (including phenoxy) is 2. The van der Waals surface area contributed by atoms with Crippen molar-refractivity contribution in [2.24, 2.45) is 5.92 Å². The Bertz CT molecular complexity index is 475. The fraction of sp³-hybridized carbons (Fsp3) is 0.647. The molecule has 1 aromatic carbocycles. The summed E-state index contributed by atoms with van der Waals surface area (Å²) in [5, 5.41) is 11.1. The first-order valence-electron chi connectivity index (χ1n) is 7.54. The van der Waals surface area contributed by atoms with Crippen LogP contribution in [0.1, 0.15) is 37.3 Å². The molecular weight excluding hydrogens is 252 g/mol. The smallest absolute Gasteiger partial charge is 0.0940 e. The van der Waals surface area contributed by atoms with Crippen LogP contribution >= 0.6 is 0 Å². The van der Waals surface area contributed by atoms with Crippen LogP contribution in [0.2, 0.25) is 0 Å². The summed E-state index contributed by atoms with van der Waals surface area (Å²) in [5.74, 6) is 0.221. The lowest BCUT2D eigenvalue weighted by Gasteiger charge is -2.43. The van der Waals surface area contributed by atoms with Gasteiger partial charge in [0.1, 0.15) is 0 Å². The maximum absolute atomic E-state index is 11.1. The molecule has 2 saturated heterocycles. The molecule has 3 nitrogen and oxygen atoms in total. The third-order valence-electron chi connectivity index (χ3n) is 5.05. The molecule has 0 radical (unpaired) electrons. The fourth-order valence-corrected chi connectivity index (χ4v) is 3.73. The van der Waals surface area contributed by atoms with Gasteiger partial charge in [-0.2, -0.15) is 0 Å². The van der Waals surface area contributed by atoms with Gasteiger partial charge in [-0.05, 0) is 43.7 Å². The van der Waals surface area contributed by atoms with Crippen LogP contribution in [-0.2, 0) is 15.1 Å². The summed E-state index contributed by atoms with van der Waals surface area (Å²) in [6, 6.07) is 8.13. The van der Waals surface area contributed by atoms with Crippen molar-refractivity contribution in [3.63, 3.8) is 0 Å². The molecule has 0 bridgehead atoms. The third-order valence-corrected chi connectivity index (χ3v) is 5.05. The molecular formula is C17H24O3. The Morgan fingerprint density at radius 3 is 2.80 bits per heavy atom. The van der Waals surface area contributed by atoms with Gasteiger partial charge in [-0.1, -0.05) is 24.3 Å². The van der Waals surface area contributed by atoms with Crippen molar-refractivity contribution < 1.29 is 14.6 Å². The van der Waals surface area contributed by atoms with E-state index in [1.165, 1.54) is 0 Å². The molecule has 110 valence electrons. The molecule has 3 heteroatoms. The normalized spacial score (nSPS) is 33.2. The molecule has 20 heavy (non-hydrogen) atoms. The molecule has 2 aliphatic heterocycles. The van der Waals surface area contributed by atoms with Gasteiger partial charge in [0.25, 0.3) is 0 Å². The number of aryl methyl sites for hydroxylation is 1. The largest absolute Gasteiger partial charge is 0.385 e. The summed E-state index contributed by atoms with van der Waals surface area (Å²) < 4.78 is 11.5. The third kappa shape index (κ3) is 2.39. The van der Waals surface area contributed by atoms with Gasteiger partial charge in [-0.15, -0.1) is 0 Å². The van der Waals surface area contributed by atoms with E-state index < -0.39 is 5.60 Å². The average Bonchev–Trinajstić information content (AvgIpc) is 2.87. The second-order valence-corrected chi connectivity index (χ2v) is 6.49. The Morgan fingerprint density at radius 2 is 2.10 bits per heavy atom. The summed E-state index contributed by atoms with van der Waals surface area (Å²) in [6.07, 6.45) is 2.74. The van der Waals surface area contributed by atoms with Crippen LogP contribution in [0.15, 0.2) is 24.3 Å². The summed E-state index contributed by atoms with van der Waals surface area (Å²) >= 11 is 0. The average molecular weight is 276 g/mol. The molecule has 0 aromatic heterocycles. The predicted octanol–water partition coefficient (Wildman–Crippen LogP) is 2.79. The van der Waals surface area contributed by atoms with Gasteiger partial charge in [-0.25, -0.2) is 0 Å². The van der Waals surface area contributed by atoms with Crippen molar-refractivity contribution in [2.75, 3.05) is 19.8 Å². The first-order chi connectivity index (χ1) is 9.54. The minimum absolute atomic E-state index is 0.157. The molecule has 2 fully saturated rings. The first kappa shape index (κ1) is 14.1. The highest BCUT2D eigenvalue weighted by Gasteiger charge is 2.46. The minimum atomic E-state index is -0.801. The topological polar surface area (TPSA) is 38.7 Å². The summed E-state index contributed by atoms with van der Waals surface area (Å²) in [6.45, 7) is 6.19. The van der Waals surface area contributed by atoms with Gasteiger partial charge in [0, 0.05) is 19.6 Å². The Balaban J connectivity index is 1.85. The molecule has 3 rings (SSSR count). The van der Waals surface area contributed by atoms with E-state index >= 15 is 0 Å². The second kappa shape index (κ2) is 5.14. The Hall–Kier alpha value is -0.900. The highest BCUT2D eigenvalue weighted by Crippen LogP contribution is 2.44. The zero-order valence-corrected chi connectivity index (χ0v) is 12.4. The summed E-state index contributed by atoms with van der Waals surface area (Å²) in [5.41, 5.74) is 1.24. The molecule has 3 unspecified atom stereocenters. The maximum Gasteiger partial charge on any atom is 0.0940 e. The fourth-order valence-electron chi connectivity index (χ4n) is 3.73. The van der Waals surface area contributed by atoms with E-state index in [4.69, 9.17) is 9.47 Å². The van der Waals surface area contributed by atoms with E-state index in [1.807, 2.05) is 25.1 Å². The molecule has 2 heterocycles. The SMILES string of the molecule is Cc1ccccc1C(C)(O)C1CCOC2(CCOC2)C1. The highest BCUT2D eigenvalue weighted by molar-refractivity contribution is 5.31. The van der Waals surface area contributed by atoms with E-state index in [2.05, 4.69) is 13.0 Å². The Kier molecular flexibility index (Phi) is 3.61. The lowest BCUT2D eigenvalue weighted by atomic mass is 9.72. The monoisotopic (exact) mass is 276 g/mol. The molecule has 0 amide bonds. The van der Waals surface area contributed by atoms with Crippen LogP contribution in [0.3, 0.4) is 0 Å². The van der Waals surface area contributed by atoms with Crippen molar-refractivity contribution in [3.8, 4) is 0 Å². The molecule has 2 aliphatic rings. The number of benzene rings is 1. The van der Waals surface area contributed by atoms with E-state index in [0.29, 0.717) is 6.61 Å². The Morgan fingerprint density at radius 1 is 1.30 bits per heavy atom. The number of rotatable bonds is 2. The number of hydrogen-bond acceptors (Lipinski definition) is 3. The van der Waals surface area contributed by atoms with E-state index in [-0.39, 0.29) is 11.5 Å². The van der Waals surface area contributed by atoms with Crippen molar-refractivity contribution >= 4 is 0 Å². The zero-order valence-electron chi connectivity index (χ0n) is 12.4. The molecule has 0 saturated carbocycles. The lowest BCUT2D eigenvalue weighted by molar-refractivity contribution is -0.141. The van der Waals surface area contributed by atoms with Gasteiger partial charge in [0.15, 0.2) is 0 Å². The van der Waals surface area contributed by atoms with Crippen LogP contribution in [0, 0.1) is 12.8 Å². The van der Waals surface area contributed by atoms with Crippen LogP contribution in [0.4, 0.5) is 0 Å². The van der Waals surface area contributed by atoms with Gasteiger partial charge in [0.2, 0.25) is 0 Å². The van der Waals surface area contributed by atoms with Crippen LogP contribution in [0.5, 0.6) is 0 Å². The summed E-state index contributed by atoms with van der Waals surface area (Å²) in [7, 11) is 0. The molecule has 0 aliphatic carbocycles. The summed E-state index contributed by atoms with van der Waals surface area (Å²) in [4.78, 5) is 0. The van der Waals surface area contributed by atoms with Gasteiger partial charge >= 0.3 is 0 Å². The van der Waals surface area contributed by atoms with Gasteiger partial charge in [0.05, 0.1) is 17.8 Å². The Labute approximate surface area is 120 Å². The van der Waals surface area contributed by atoms with Crippen molar-refractivity contribution in [3.05, 3.63) is 35.4 Å². The van der Waals surface area contributed by atoms with E-state index in [1.54, 1.807) is 0 Å². The van der Waals surface area contributed by atoms with Gasteiger partial charge < -0.3 is 14.6 Å². The van der Waals surface area contributed by atoms with Crippen LogP contribution in [0.25, 0.3) is 0 Å². The second-order valence-electron chi connectivity index (χ2n) is 6.49. The zero-order chi connectivity index (χ0) is 14.2. The molecule has 1 spiro atoms. The predicted molar refractivity (Wildman–Crippen MR) is 77.6 cm³/mol. The van der Waals surface area contributed by atoms with Crippen molar-refractivity contribution in [2.45, 2.75) is 44.3 Å². The maximum atomic E-state index is 11.1. The standard InChI is InChI=1S/C17H24O3/c1-13-5-3-4-6-15(13)16(2,18)14-7-9-20-17(11-14)8-10-19-12-17/h3-6,14,18H,7-12H2,1-2H3. The minimum Gasteiger partial charge on any atom is -0.385 e. The van der Waals surface area contributed by atoms with E-state index in [9.17, 15) is 5.11 Å². The number of hydrogen-bond donors (Lipinski definition) is 1. The number of aliphatic hydroxyl groups is 1. The van der Waals surface area contributed by atoms with Crippen LogP contribution in [-0.4, -0.2) is 30.5 Å². The highest BCUT2D eigenvalue weighted by atomic mass is 16.6. The lowest BCUT2D eigenvalue weighted by Crippen LogP contribution is -2.46. The van der Waals surface area contributed by atoms with Crippen LogP contribution < -0.4 is 0 Å². The van der Waals surface area contributed by atoms with Crippen molar-refractivity contribution in [1.82, 2.24) is 0 Å². The first-order valence-corrected chi connectivity index (χ1v) is 7.54. The van der Waals surface area contributed by atoms with Crippen molar-refractivity contribution in [1.29, 1.82) is 0 Å². The molecule has 1 N–H and O–H groups in total. The van der Waals surface area contributed by atoms with E-state index in [0.717, 1.165) is 43.6 Å². The quantitative estimate of drug-likeness (QED) is 0.902. The van der Waals surface area contributed by atoms with Gasteiger partial charge in [-0.3, -0.25) is 0 Å².